The molecule has 19 heavy (non-hydrogen) atoms. The molecule has 0 aliphatic rings. The lowest BCUT2D eigenvalue weighted by atomic mass is 10.1. The molecule has 1 amide bonds. The SMILES string of the molecule is CC(C)(C)OC(=O)NCc1ccc2c(N)noc2c1. The smallest absolute Gasteiger partial charge is 0.407 e. The fourth-order valence-corrected chi connectivity index (χ4v) is 1.60. The number of ether oxygens (including phenoxy) is 1. The van der Waals surface area contributed by atoms with Crippen LogP contribution in [0.4, 0.5) is 10.6 Å². The van der Waals surface area contributed by atoms with Crippen LogP contribution in [0.3, 0.4) is 0 Å². The van der Waals surface area contributed by atoms with Gasteiger partial charge >= 0.3 is 6.09 Å². The number of benzene rings is 1. The van der Waals surface area contributed by atoms with Crippen molar-refractivity contribution in [2.24, 2.45) is 0 Å². The van der Waals surface area contributed by atoms with Crippen LogP contribution in [0, 0.1) is 0 Å². The molecule has 0 bridgehead atoms. The van der Waals surface area contributed by atoms with Gasteiger partial charge in [-0.2, -0.15) is 0 Å². The Bertz CT molecular complexity index is 599. The third-order valence-corrected chi connectivity index (χ3v) is 2.40. The van der Waals surface area contributed by atoms with Gasteiger partial charge in [-0.15, -0.1) is 0 Å². The molecule has 3 N–H and O–H groups in total. The lowest BCUT2D eigenvalue weighted by molar-refractivity contribution is 0.0523. The van der Waals surface area contributed by atoms with Crippen molar-refractivity contribution >= 4 is 22.9 Å². The molecule has 1 aromatic heterocycles. The third-order valence-electron chi connectivity index (χ3n) is 2.40. The molecule has 2 aromatic rings. The summed E-state index contributed by atoms with van der Waals surface area (Å²) >= 11 is 0. The molecule has 2 rings (SSSR count). The van der Waals surface area contributed by atoms with E-state index in [9.17, 15) is 4.79 Å². The van der Waals surface area contributed by atoms with Crippen LogP contribution >= 0.6 is 0 Å². The van der Waals surface area contributed by atoms with E-state index in [0.29, 0.717) is 17.9 Å². The van der Waals surface area contributed by atoms with Crippen molar-refractivity contribution < 1.29 is 14.1 Å². The molecular weight excluding hydrogens is 246 g/mol. The van der Waals surface area contributed by atoms with Crippen LogP contribution in [-0.4, -0.2) is 16.9 Å². The number of nitrogens with one attached hydrogen (secondary N) is 1. The van der Waals surface area contributed by atoms with Crippen molar-refractivity contribution in [1.82, 2.24) is 10.5 Å². The number of alkyl carbamates (subject to hydrolysis) is 1. The van der Waals surface area contributed by atoms with Crippen LogP contribution in [0.15, 0.2) is 22.7 Å². The number of hydrogen-bond acceptors (Lipinski definition) is 5. The van der Waals surface area contributed by atoms with E-state index in [1.807, 2.05) is 32.9 Å². The molecule has 0 aliphatic heterocycles. The number of nitrogen functional groups attached to an aromatic ring is 1. The first kappa shape index (κ1) is 13.2. The zero-order chi connectivity index (χ0) is 14.0. The molecule has 1 aromatic carbocycles. The second kappa shape index (κ2) is 4.79. The van der Waals surface area contributed by atoms with Crippen molar-refractivity contribution in [1.29, 1.82) is 0 Å². The molecule has 6 heteroatoms. The lowest BCUT2D eigenvalue weighted by Crippen LogP contribution is -2.32. The molecule has 0 unspecified atom stereocenters. The van der Waals surface area contributed by atoms with E-state index in [0.717, 1.165) is 10.9 Å². The van der Waals surface area contributed by atoms with Gasteiger partial charge in [-0.05, 0) is 38.5 Å². The average Bonchev–Trinajstić information content (AvgIpc) is 2.66. The van der Waals surface area contributed by atoms with E-state index in [1.54, 1.807) is 6.07 Å². The fourth-order valence-electron chi connectivity index (χ4n) is 1.60. The number of nitrogens with two attached hydrogens (primary N) is 1. The van der Waals surface area contributed by atoms with Crippen LogP contribution in [0.5, 0.6) is 0 Å². The number of carbonyl (C=O) groups excluding carboxylic acids is 1. The van der Waals surface area contributed by atoms with Crippen LogP contribution in [0.1, 0.15) is 26.3 Å². The predicted molar refractivity (Wildman–Crippen MR) is 71.5 cm³/mol. The Balaban J connectivity index is 2.00. The topological polar surface area (TPSA) is 90.4 Å². The second-order valence-corrected chi connectivity index (χ2v) is 5.25. The molecule has 0 saturated carbocycles. The molecule has 102 valence electrons. The largest absolute Gasteiger partial charge is 0.444 e. The first-order valence-electron chi connectivity index (χ1n) is 5.96. The lowest BCUT2D eigenvalue weighted by Gasteiger charge is -2.19. The average molecular weight is 263 g/mol. The van der Waals surface area contributed by atoms with Gasteiger partial charge in [0.2, 0.25) is 0 Å². The summed E-state index contributed by atoms with van der Waals surface area (Å²) < 4.78 is 10.2. The normalized spacial score (nSPS) is 11.5. The van der Waals surface area contributed by atoms with Crippen LogP contribution in [0.25, 0.3) is 11.0 Å². The maximum absolute atomic E-state index is 11.5. The molecule has 6 nitrogen and oxygen atoms in total. The number of amides is 1. The number of fused-ring (bicyclic) bond motifs is 1. The van der Waals surface area contributed by atoms with Gasteiger partial charge in [0, 0.05) is 6.54 Å². The van der Waals surface area contributed by atoms with Gasteiger partial charge in [0.05, 0.1) is 5.39 Å². The first-order valence-corrected chi connectivity index (χ1v) is 5.96. The summed E-state index contributed by atoms with van der Waals surface area (Å²) in [6, 6.07) is 5.45. The van der Waals surface area contributed by atoms with E-state index < -0.39 is 11.7 Å². The maximum Gasteiger partial charge on any atom is 0.407 e. The Labute approximate surface area is 110 Å². The molecule has 0 fully saturated rings. The van der Waals surface area contributed by atoms with E-state index in [-0.39, 0.29) is 0 Å². The summed E-state index contributed by atoms with van der Waals surface area (Å²) in [5.41, 5.74) is 6.60. The van der Waals surface area contributed by atoms with Gasteiger partial charge < -0.3 is 20.3 Å². The monoisotopic (exact) mass is 263 g/mol. The van der Waals surface area contributed by atoms with Crippen molar-refractivity contribution in [3.05, 3.63) is 23.8 Å². The third kappa shape index (κ3) is 3.37. The van der Waals surface area contributed by atoms with E-state index in [4.69, 9.17) is 15.0 Å². The number of carbonyl (C=O) groups is 1. The fraction of sp³-hybridized carbons (Fsp3) is 0.385. The number of hydrogen-bond donors (Lipinski definition) is 2. The predicted octanol–water partition coefficient (Wildman–Crippen LogP) is 2.43. The van der Waals surface area contributed by atoms with Gasteiger partial charge in [0.15, 0.2) is 11.4 Å². The Morgan fingerprint density at radius 1 is 1.47 bits per heavy atom. The highest BCUT2D eigenvalue weighted by atomic mass is 16.6. The zero-order valence-corrected chi connectivity index (χ0v) is 11.2. The molecule has 0 radical (unpaired) electrons. The molecular formula is C13H17N3O3. The van der Waals surface area contributed by atoms with Crippen molar-refractivity contribution in [3.8, 4) is 0 Å². The van der Waals surface area contributed by atoms with Gasteiger partial charge in [-0.25, -0.2) is 4.79 Å². The Hall–Kier alpha value is -2.24. The van der Waals surface area contributed by atoms with E-state index >= 15 is 0 Å². The number of nitrogens with zero attached hydrogens (tertiary/aromatic N) is 1. The van der Waals surface area contributed by atoms with Crippen LogP contribution in [0.2, 0.25) is 0 Å². The molecule has 0 spiro atoms. The number of rotatable bonds is 2. The minimum Gasteiger partial charge on any atom is -0.444 e. The number of anilines is 1. The quantitative estimate of drug-likeness (QED) is 0.868. The standard InChI is InChI=1S/C13H17N3O3/c1-13(2,3)18-12(17)15-7-8-4-5-9-10(6-8)19-16-11(9)14/h4-6H,7H2,1-3H3,(H2,14,16)(H,15,17). The Kier molecular flexibility index (Phi) is 3.33. The maximum atomic E-state index is 11.5. The van der Waals surface area contributed by atoms with E-state index in [1.165, 1.54) is 0 Å². The van der Waals surface area contributed by atoms with Crippen molar-refractivity contribution in [2.75, 3.05) is 5.73 Å². The summed E-state index contributed by atoms with van der Waals surface area (Å²) in [7, 11) is 0. The number of aromatic nitrogens is 1. The van der Waals surface area contributed by atoms with Gasteiger partial charge in [0.1, 0.15) is 5.60 Å². The first-order chi connectivity index (χ1) is 8.85. The van der Waals surface area contributed by atoms with Gasteiger partial charge in [0.25, 0.3) is 0 Å². The Morgan fingerprint density at radius 3 is 2.89 bits per heavy atom. The summed E-state index contributed by atoms with van der Waals surface area (Å²) in [5, 5.41) is 7.11. The summed E-state index contributed by atoms with van der Waals surface area (Å²) in [6.07, 6.45) is -0.454. The second-order valence-electron chi connectivity index (χ2n) is 5.25. The summed E-state index contributed by atoms with van der Waals surface area (Å²) in [4.78, 5) is 11.5. The minimum absolute atomic E-state index is 0.353. The molecule has 0 saturated heterocycles. The van der Waals surface area contributed by atoms with E-state index in [2.05, 4.69) is 10.5 Å². The minimum atomic E-state index is -0.507. The van der Waals surface area contributed by atoms with Gasteiger partial charge in [-0.1, -0.05) is 11.2 Å². The van der Waals surface area contributed by atoms with Crippen molar-refractivity contribution in [3.63, 3.8) is 0 Å². The molecule has 0 atom stereocenters. The molecule has 0 aliphatic carbocycles. The summed E-state index contributed by atoms with van der Waals surface area (Å²) in [5.74, 6) is 0.363. The van der Waals surface area contributed by atoms with Crippen molar-refractivity contribution in [2.45, 2.75) is 32.9 Å². The van der Waals surface area contributed by atoms with Gasteiger partial charge in [-0.3, -0.25) is 0 Å². The highest BCUT2D eigenvalue weighted by Crippen LogP contribution is 2.21. The zero-order valence-electron chi connectivity index (χ0n) is 11.2. The Morgan fingerprint density at radius 2 is 2.21 bits per heavy atom. The highest BCUT2D eigenvalue weighted by Gasteiger charge is 2.15. The molecule has 1 heterocycles. The van der Waals surface area contributed by atoms with Crippen LogP contribution in [-0.2, 0) is 11.3 Å². The van der Waals surface area contributed by atoms with Crippen LogP contribution < -0.4 is 11.1 Å². The highest BCUT2D eigenvalue weighted by molar-refractivity contribution is 5.87. The summed E-state index contributed by atoms with van der Waals surface area (Å²) in [6.45, 7) is 5.80.